The SMILES string of the molecule is CCCn1cccc1C(=O)N(CCOC)CC1CCCN1. The summed E-state index contributed by atoms with van der Waals surface area (Å²) in [5.41, 5.74) is 0.783. The topological polar surface area (TPSA) is 46.5 Å². The first-order valence-corrected chi connectivity index (χ1v) is 7.93. The van der Waals surface area contributed by atoms with Gasteiger partial charge in [-0.3, -0.25) is 4.79 Å². The second-order valence-electron chi connectivity index (χ2n) is 5.62. The van der Waals surface area contributed by atoms with Crippen LogP contribution in [0.3, 0.4) is 0 Å². The Morgan fingerprint density at radius 3 is 3.10 bits per heavy atom. The number of carbonyl (C=O) groups is 1. The van der Waals surface area contributed by atoms with Crippen molar-refractivity contribution in [3.8, 4) is 0 Å². The Kier molecular flexibility index (Phi) is 6.26. The van der Waals surface area contributed by atoms with Crippen LogP contribution in [0.2, 0.25) is 0 Å². The lowest BCUT2D eigenvalue weighted by atomic mass is 10.2. The number of nitrogens with one attached hydrogen (secondary N) is 1. The molecule has 0 radical (unpaired) electrons. The van der Waals surface area contributed by atoms with Gasteiger partial charge < -0.3 is 19.5 Å². The maximum atomic E-state index is 12.8. The van der Waals surface area contributed by atoms with E-state index in [1.165, 1.54) is 6.42 Å². The van der Waals surface area contributed by atoms with Crippen molar-refractivity contribution in [3.63, 3.8) is 0 Å². The predicted molar refractivity (Wildman–Crippen MR) is 83.5 cm³/mol. The molecule has 1 saturated heterocycles. The summed E-state index contributed by atoms with van der Waals surface area (Å²) in [6.45, 7) is 6.05. The van der Waals surface area contributed by atoms with E-state index < -0.39 is 0 Å². The van der Waals surface area contributed by atoms with Crippen LogP contribution in [-0.2, 0) is 11.3 Å². The van der Waals surface area contributed by atoms with E-state index in [4.69, 9.17) is 4.74 Å². The Morgan fingerprint density at radius 1 is 1.57 bits per heavy atom. The highest BCUT2D eigenvalue weighted by atomic mass is 16.5. The van der Waals surface area contributed by atoms with Gasteiger partial charge in [-0.05, 0) is 37.9 Å². The van der Waals surface area contributed by atoms with Crippen molar-refractivity contribution in [2.75, 3.05) is 33.4 Å². The van der Waals surface area contributed by atoms with Crippen molar-refractivity contribution < 1.29 is 9.53 Å². The molecule has 2 heterocycles. The number of methoxy groups -OCH3 is 1. The summed E-state index contributed by atoms with van der Waals surface area (Å²) in [6, 6.07) is 4.28. The molecule has 1 aromatic heterocycles. The fourth-order valence-electron chi connectivity index (χ4n) is 2.86. The van der Waals surface area contributed by atoms with E-state index >= 15 is 0 Å². The monoisotopic (exact) mass is 293 g/mol. The number of hydrogen-bond acceptors (Lipinski definition) is 3. The molecule has 1 atom stereocenters. The highest BCUT2D eigenvalue weighted by molar-refractivity contribution is 5.92. The van der Waals surface area contributed by atoms with Gasteiger partial charge >= 0.3 is 0 Å². The molecule has 5 nitrogen and oxygen atoms in total. The number of carbonyl (C=O) groups excluding carboxylic acids is 1. The van der Waals surface area contributed by atoms with Crippen molar-refractivity contribution in [2.24, 2.45) is 0 Å². The van der Waals surface area contributed by atoms with E-state index in [2.05, 4.69) is 12.2 Å². The molecule has 0 aliphatic carbocycles. The van der Waals surface area contributed by atoms with Gasteiger partial charge in [0.25, 0.3) is 5.91 Å². The second kappa shape index (κ2) is 8.20. The molecule has 1 unspecified atom stereocenters. The molecule has 0 aromatic carbocycles. The number of nitrogens with zero attached hydrogens (tertiary/aromatic N) is 2. The summed E-state index contributed by atoms with van der Waals surface area (Å²) in [5.74, 6) is 0.110. The molecule has 0 saturated carbocycles. The van der Waals surface area contributed by atoms with Gasteiger partial charge in [-0.25, -0.2) is 0 Å². The quantitative estimate of drug-likeness (QED) is 0.794. The average Bonchev–Trinajstić information content (AvgIpc) is 3.14. The molecule has 1 aromatic rings. The Hall–Kier alpha value is -1.33. The number of amides is 1. The van der Waals surface area contributed by atoms with Crippen LogP contribution in [0.4, 0.5) is 0 Å². The number of ether oxygens (including phenoxy) is 1. The second-order valence-corrected chi connectivity index (χ2v) is 5.62. The third kappa shape index (κ3) is 4.32. The maximum absolute atomic E-state index is 12.8. The molecular formula is C16H27N3O2. The van der Waals surface area contributed by atoms with Crippen LogP contribution in [0.15, 0.2) is 18.3 Å². The van der Waals surface area contributed by atoms with Crippen LogP contribution in [0, 0.1) is 0 Å². The van der Waals surface area contributed by atoms with Gasteiger partial charge in [-0.1, -0.05) is 6.92 Å². The summed E-state index contributed by atoms with van der Waals surface area (Å²) in [6.07, 6.45) is 5.35. The number of aromatic nitrogens is 1. The molecular weight excluding hydrogens is 266 g/mol. The number of hydrogen-bond donors (Lipinski definition) is 1. The molecule has 1 aliphatic heterocycles. The summed E-state index contributed by atoms with van der Waals surface area (Å²) in [5, 5.41) is 3.46. The minimum atomic E-state index is 0.110. The van der Waals surface area contributed by atoms with Crippen LogP contribution in [0.1, 0.15) is 36.7 Å². The lowest BCUT2D eigenvalue weighted by molar-refractivity contribution is 0.0668. The van der Waals surface area contributed by atoms with E-state index in [0.29, 0.717) is 19.2 Å². The molecule has 1 N–H and O–H groups in total. The van der Waals surface area contributed by atoms with Gasteiger partial charge in [0.2, 0.25) is 0 Å². The molecule has 5 heteroatoms. The Morgan fingerprint density at radius 2 is 2.43 bits per heavy atom. The largest absolute Gasteiger partial charge is 0.383 e. The average molecular weight is 293 g/mol. The first-order chi connectivity index (χ1) is 10.3. The first-order valence-electron chi connectivity index (χ1n) is 7.93. The zero-order chi connectivity index (χ0) is 15.1. The van der Waals surface area contributed by atoms with Crippen LogP contribution in [0.25, 0.3) is 0 Å². The van der Waals surface area contributed by atoms with Gasteiger partial charge in [-0.15, -0.1) is 0 Å². The van der Waals surface area contributed by atoms with Crippen molar-refractivity contribution in [2.45, 2.75) is 38.8 Å². The summed E-state index contributed by atoms with van der Waals surface area (Å²) < 4.78 is 7.21. The zero-order valence-corrected chi connectivity index (χ0v) is 13.2. The fraction of sp³-hybridized carbons (Fsp3) is 0.688. The number of aryl methyl sites for hydroxylation is 1. The highest BCUT2D eigenvalue weighted by Gasteiger charge is 2.23. The van der Waals surface area contributed by atoms with Crippen molar-refractivity contribution in [1.29, 1.82) is 0 Å². The first kappa shape index (κ1) is 16.0. The molecule has 0 spiro atoms. The lowest BCUT2D eigenvalue weighted by Crippen LogP contribution is -2.43. The Balaban J connectivity index is 2.06. The Labute approximate surface area is 127 Å². The minimum absolute atomic E-state index is 0.110. The molecule has 118 valence electrons. The van der Waals surface area contributed by atoms with Gasteiger partial charge in [0.15, 0.2) is 0 Å². The number of rotatable bonds is 8. The highest BCUT2D eigenvalue weighted by Crippen LogP contribution is 2.12. The molecule has 1 aliphatic rings. The van der Waals surface area contributed by atoms with Crippen molar-refractivity contribution in [3.05, 3.63) is 24.0 Å². The van der Waals surface area contributed by atoms with Crippen LogP contribution < -0.4 is 5.32 Å². The summed E-state index contributed by atoms with van der Waals surface area (Å²) in [4.78, 5) is 14.7. The van der Waals surface area contributed by atoms with E-state index in [1.54, 1.807) is 7.11 Å². The van der Waals surface area contributed by atoms with Gasteiger partial charge in [-0.2, -0.15) is 0 Å². The van der Waals surface area contributed by atoms with Crippen molar-refractivity contribution in [1.82, 2.24) is 14.8 Å². The molecule has 1 amide bonds. The van der Waals surface area contributed by atoms with E-state index in [-0.39, 0.29) is 5.91 Å². The third-order valence-corrected chi connectivity index (χ3v) is 3.97. The zero-order valence-electron chi connectivity index (χ0n) is 13.2. The lowest BCUT2D eigenvalue weighted by Gasteiger charge is -2.26. The van der Waals surface area contributed by atoms with Gasteiger partial charge in [0, 0.05) is 39.0 Å². The normalized spacial score (nSPS) is 18.1. The molecule has 2 rings (SSSR count). The maximum Gasteiger partial charge on any atom is 0.270 e. The van der Waals surface area contributed by atoms with Gasteiger partial charge in [0.05, 0.1) is 6.61 Å². The molecule has 21 heavy (non-hydrogen) atoms. The smallest absolute Gasteiger partial charge is 0.270 e. The van der Waals surface area contributed by atoms with Crippen molar-refractivity contribution >= 4 is 5.91 Å². The van der Waals surface area contributed by atoms with Crippen LogP contribution in [0.5, 0.6) is 0 Å². The van der Waals surface area contributed by atoms with Crippen LogP contribution in [-0.4, -0.2) is 54.8 Å². The Bertz CT molecular complexity index is 438. The predicted octanol–water partition coefficient (Wildman–Crippen LogP) is 1.74. The minimum Gasteiger partial charge on any atom is -0.383 e. The van der Waals surface area contributed by atoms with E-state index in [1.807, 2.05) is 27.8 Å². The third-order valence-electron chi connectivity index (χ3n) is 3.97. The molecule has 1 fully saturated rings. The van der Waals surface area contributed by atoms with E-state index in [0.717, 1.165) is 38.2 Å². The van der Waals surface area contributed by atoms with Gasteiger partial charge in [0.1, 0.15) is 5.69 Å². The van der Waals surface area contributed by atoms with Crippen LogP contribution >= 0.6 is 0 Å². The summed E-state index contributed by atoms with van der Waals surface area (Å²) in [7, 11) is 1.68. The molecule has 0 bridgehead atoms. The summed E-state index contributed by atoms with van der Waals surface area (Å²) >= 11 is 0. The standard InChI is InChI=1S/C16H27N3O2/c1-3-9-18-10-5-7-15(18)16(20)19(11-12-21-2)13-14-6-4-8-17-14/h5,7,10,14,17H,3-4,6,8-9,11-13H2,1-2H3. The van der Waals surface area contributed by atoms with E-state index in [9.17, 15) is 4.79 Å². The fourth-order valence-corrected chi connectivity index (χ4v) is 2.86.